The fourth-order valence-electron chi connectivity index (χ4n) is 3.44. The van der Waals surface area contributed by atoms with Gasteiger partial charge < -0.3 is 58.6 Å². The number of rotatable bonds is 24. The van der Waals surface area contributed by atoms with Crippen LogP contribution in [0.5, 0.6) is 0 Å². The van der Waals surface area contributed by atoms with E-state index in [4.69, 9.17) is 18.9 Å². The Bertz CT molecular complexity index is 567. The Balaban J connectivity index is -0.000000157. The van der Waals surface area contributed by atoms with Gasteiger partial charge in [0, 0.05) is 26.4 Å². The predicted octanol–water partition coefficient (Wildman–Crippen LogP) is 1.32. The predicted molar refractivity (Wildman–Crippen MR) is 160 cm³/mol. The number of carboxylic acid groups (broad SMARTS) is 4. The molecule has 0 N–H and O–H groups in total. The van der Waals surface area contributed by atoms with Crippen molar-refractivity contribution in [2.24, 2.45) is 0 Å². The number of carbonyl (C=O) groups is 4. The minimum atomic E-state index is -1.10. The molecule has 4 unspecified atom stereocenters. The van der Waals surface area contributed by atoms with Gasteiger partial charge in [0.1, 0.15) is 0 Å². The maximum atomic E-state index is 10.4. The molecule has 0 spiro atoms. The Hall–Kier alpha value is -1.63. The summed E-state index contributed by atoms with van der Waals surface area (Å²) in [4.78, 5) is 41.4. The van der Waals surface area contributed by atoms with Gasteiger partial charge in [-0.25, -0.2) is 0 Å². The maximum absolute atomic E-state index is 10.4. The second-order valence-corrected chi connectivity index (χ2v) is 9.62. The van der Waals surface area contributed by atoms with Crippen LogP contribution in [-0.4, -0.2) is 74.7 Å². The first kappa shape index (κ1) is 52.9. The maximum Gasteiger partial charge on any atom is 4.00 e. The summed E-state index contributed by atoms with van der Waals surface area (Å²) in [7, 11) is 0. The second kappa shape index (κ2) is 40.4. The summed E-state index contributed by atoms with van der Waals surface area (Å²) >= 11 is 0. The Labute approximate surface area is 285 Å². The van der Waals surface area contributed by atoms with E-state index >= 15 is 0 Å². The third-order valence-electron chi connectivity index (χ3n) is 5.80. The van der Waals surface area contributed by atoms with Gasteiger partial charge in [-0.3, -0.25) is 0 Å². The first-order valence-electron chi connectivity index (χ1n) is 16.2. The van der Waals surface area contributed by atoms with Crippen LogP contribution < -0.4 is 20.4 Å². The van der Waals surface area contributed by atoms with Crippen molar-refractivity contribution in [3.63, 3.8) is 0 Å². The van der Waals surface area contributed by atoms with E-state index in [9.17, 15) is 39.6 Å². The summed E-state index contributed by atoms with van der Waals surface area (Å²) < 4.78 is 19.8. The van der Waals surface area contributed by atoms with E-state index in [-0.39, 0.29) is 20.1 Å². The molecule has 12 nitrogen and oxygen atoms in total. The summed E-state index contributed by atoms with van der Waals surface area (Å²) in [5, 5.41) is 41.4. The van der Waals surface area contributed by atoms with Crippen molar-refractivity contribution in [2.75, 3.05) is 26.4 Å². The standard InChI is InChI=1S/4C8H16O3.Ir/c4*1-3-5-6-7(8(9)10)11-4-2;/h4*7H,3-6H2,1-2H3,(H,9,10);/q;;;;+4/p-4. The van der Waals surface area contributed by atoms with E-state index in [1.54, 1.807) is 27.7 Å². The molecule has 13 heteroatoms. The van der Waals surface area contributed by atoms with Gasteiger partial charge in [-0.2, -0.15) is 0 Å². The molecule has 0 aliphatic rings. The summed E-state index contributed by atoms with van der Waals surface area (Å²) in [6, 6.07) is 0. The number of carboxylic acids is 4. The molecule has 1 radical (unpaired) electrons. The molecule has 0 saturated heterocycles. The van der Waals surface area contributed by atoms with Crippen LogP contribution in [-0.2, 0) is 58.2 Å². The van der Waals surface area contributed by atoms with Gasteiger partial charge in [0.15, 0.2) is 0 Å². The third-order valence-corrected chi connectivity index (χ3v) is 5.80. The molecule has 0 aromatic heterocycles. The number of aliphatic carboxylic acids is 4. The largest absolute Gasteiger partial charge is 4.00 e. The summed E-state index contributed by atoms with van der Waals surface area (Å²) in [6.07, 6.45) is 6.84. The number of hydrogen-bond donors (Lipinski definition) is 0. The Morgan fingerprint density at radius 2 is 0.556 bits per heavy atom. The minimum Gasteiger partial charge on any atom is -0.547 e. The molecule has 0 aliphatic heterocycles. The zero-order valence-corrected chi connectivity index (χ0v) is 31.3. The van der Waals surface area contributed by atoms with Crippen LogP contribution in [0.15, 0.2) is 0 Å². The van der Waals surface area contributed by atoms with Gasteiger partial charge in [-0.15, -0.1) is 0 Å². The molecule has 0 bridgehead atoms. The normalized spacial score (nSPS) is 12.6. The van der Waals surface area contributed by atoms with E-state index in [1.165, 1.54) is 0 Å². The zero-order chi connectivity index (χ0) is 34.8. The Morgan fingerprint density at radius 1 is 0.400 bits per heavy atom. The summed E-state index contributed by atoms with van der Waals surface area (Å²) in [5.41, 5.74) is 0. The molecule has 0 rings (SSSR count). The molecular formula is C32H60IrO12. The number of ether oxygens (including phenoxy) is 4. The Morgan fingerprint density at radius 3 is 0.644 bits per heavy atom. The van der Waals surface area contributed by atoms with Gasteiger partial charge >= 0.3 is 20.1 Å². The van der Waals surface area contributed by atoms with Gasteiger partial charge in [0.05, 0.1) is 48.3 Å². The van der Waals surface area contributed by atoms with Crippen molar-refractivity contribution >= 4 is 23.9 Å². The van der Waals surface area contributed by atoms with Crippen LogP contribution >= 0.6 is 0 Å². The summed E-state index contributed by atoms with van der Waals surface area (Å²) in [6.45, 7) is 16.9. The fraction of sp³-hybridized carbons (Fsp3) is 0.875. The molecule has 0 fully saturated rings. The molecule has 0 aromatic rings. The first-order chi connectivity index (χ1) is 20.9. The number of carbonyl (C=O) groups excluding carboxylic acids is 4. The number of hydrogen-bond acceptors (Lipinski definition) is 12. The monoisotopic (exact) mass is 829 g/mol. The first-order valence-corrected chi connectivity index (χ1v) is 16.2. The summed E-state index contributed by atoms with van der Waals surface area (Å²) in [5.74, 6) is -4.39. The topological polar surface area (TPSA) is 197 Å². The van der Waals surface area contributed by atoms with E-state index < -0.39 is 48.3 Å². The van der Waals surface area contributed by atoms with E-state index in [0.717, 1.165) is 51.4 Å². The SMILES string of the molecule is CCCCC(OCC)C(=O)[O-].CCCCC(OCC)C(=O)[O-].CCCCC(OCC)C(=O)[O-].CCCCC(OCC)C(=O)[O-].[Ir+4]. The molecule has 0 aliphatic carbocycles. The minimum absolute atomic E-state index is 0. The van der Waals surface area contributed by atoms with Gasteiger partial charge in [0.2, 0.25) is 0 Å². The molecule has 269 valence electrons. The van der Waals surface area contributed by atoms with Crippen LogP contribution in [0.1, 0.15) is 132 Å². The van der Waals surface area contributed by atoms with Crippen molar-refractivity contribution in [1.29, 1.82) is 0 Å². The van der Waals surface area contributed by atoms with Gasteiger partial charge in [-0.05, 0) is 53.4 Å². The zero-order valence-electron chi connectivity index (χ0n) is 28.9. The third kappa shape index (κ3) is 38.5. The molecule has 0 heterocycles. The van der Waals surface area contributed by atoms with Crippen molar-refractivity contribution in [3.8, 4) is 0 Å². The Kier molecular flexibility index (Phi) is 47.5. The van der Waals surface area contributed by atoms with E-state index in [1.807, 2.05) is 27.7 Å². The van der Waals surface area contributed by atoms with Crippen molar-refractivity contribution in [3.05, 3.63) is 0 Å². The van der Waals surface area contributed by atoms with Crippen molar-refractivity contribution in [1.82, 2.24) is 0 Å². The molecule has 45 heavy (non-hydrogen) atoms. The molecule has 0 aromatic carbocycles. The molecule has 4 atom stereocenters. The van der Waals surface area contributed by atoms with Gasteiger partial charge in [-0.1, -0.05) is 79.1 Å². The average Bonchev–Trinajstić information content (AvgIpc) is 2.98. The van der Waals surface area contributed by atoms with Crippen LogP contribution in [0.2, 0.25) is 0 Å². The smallest absolute Gasteiger partial charge is 0.547 e. The van der Waals surface area contributed by atoms with Crippen LogP contribution in [0.3, 0.4) is 0 Å². The van der Waals surface area contributed by atoms with Crippen LogP contribution in [0.4, 0.5) is 0 Å². The quantitative estimate of drug-likeness (QED) is 0.136. The molecule has 0 amide bonds. The van der Waals surface area contributed by atoms with Gasteiger partial charge in [0.25, 0.3) is 0 Å². The average molecular weight is 829 g/mol. The van der Waals surface area contributed by atoms with Crippen LogP contribution in [0, 0.1) is 0 Å². The van der Waals surface area contributed by atoms with E-state index in [2.05, 4.69) is 0 Å². The van der Waals surface area contributed by atoms with Crippen LogP contribution in [0.25, 0.3) is 0 Å². The molecular weight excluding hydrogens is 769 g/mol. The van der Waals surface area contributed by atoms with Crippen molar-refractivity contribution in [2.45, 2.75) is 157 Å². The number of unbranched alkanes of at least 4 members (excludes halogenated alkanes) is 4. The van der Waals surface area contributed by atoms with Crippen molar-refractivity contribution < 1.29 is 78.7 Å². The van der Waals surface area contributed by atoms with E-state index in [0.29, 0.717) is 52.1 Å². The second-order valence-electron chi connectivity index (χ2n) is 9.62. The molecule has 0 saturated carbocycles. The fourth-order valence-corrected chi connectivity index (χ4v) is 3.44.